The van der Waals surface area contributed by atoms with Crippen LogP contribution < -0.4 is 0 Å². The second kappa shape index (κ2) is 6.62. The van der Waals surface area contributed by atoms with E-state index in [1.165, 1.54) is 12.1 Å². The number of halogens is 8. The highest BCUT2D eigenvalue weighted by Gasteiger charge is 2.59. The molecule has 0 heterocycles. The highest BCUT2D eigenvalue weighted by atomic mass is 79.9. The van der Waals surface area contributed by atoms with Crippen molar-refractivity contribution in [3.63, 3.8) is 0 Å². The Bertz CT molecular complexity index is 909. The summed E-state index contributed by atoms with van der Waals surface area (Å²) in [6.07, 6.45) is -10.2. The zero-order chi connectivity index (χ0) is 20.4. The van der Waals surface area contributed by atoms with E-state index in [9.17, 15) is 26.3 Å². The Morgan fingerprint density at radius 1 is 0.643 bits per heavy atom. The molecule has 0 fully saturated rings. The van der Waals surface area contributed by atoms with Crippen LogP contribution in [0.1, 0.15) is 45.2 Å². The van der Waals surface area contributed by atoms with Gasteiger partial charge >= 0.3 is 12.4 Å². The molecule has 0 radical (unpaired) electrons. The third kappa shape index (κ3) is 2.78. The molecule has 2 unspecified atom stereocenters. The molecule has 0 spiro atoms. The Hall–Kier alpha value is -1.28. The standard InChI is InChI=1S/C20H12Br2F6/c21-7-9-5-6-10(8-22)14-13(9)15-11-3-1-2-4-12(11)16(14)18(20(26,27)28)17(15)19(23,24)25/h1-6,15-16H,7-8H2. The maximum atomic E-state index is 14.0. The molecule has 8 heteroatoms. The summed E-state index contributed by atoms with van der Waals surface area (Å²) >= 11 is 6.58. The molecular formula is C20H12Br2F6. The lowest BCUT2D eigenvalue weighted by molar-refractivity contribution is -0.121. The van der Waals surface area contributed by atoms with Gasteiger partial charge in [0.05, 0.1) is 11.1 Å². The summed E-state index contributed by atoms with van der Waals surface area (Å²) in [6.45, 7) is 0. The van der Waals surface area contributed by atoms with Gasteiger partial charge in [-0.05, 0) is 33.4 Å². The van der Waals surface area contributed by atoms with Crippen molar-refractivity contribution in [2.75, 3.05) is 0 Å². The summed E-state index contributed by atoms with van der Waals surface area (Å²) in [6, 6.07) is 9.54. The van der Waals surface area contributed by atoms with E-state index in [4.69, 9.17) is 0 Å². The Morgan fingerprint density at radius 2 is 1.00 bits per heavy atom. The van der Waals surface area contributed by atoms with Crippen LogP contribution in [0.4, 0.5) is 26.3 Å². The average Bonchev–Trinajstić information content (AvgIpc) is 2.64. The van der Waals surface area contributed by atoms with Crippen LogP contribution in [0.15, 0.2) is 47.5 Å². The fourth-order valence-electron chi connectivity index (χ4n) is 4.53. The van der Waals surface area contributed by atoms with Crippen LogP contribution in [-0.4, -0.2) is 12.4 Å². The minimum Gasteiger partial charge on any atom is -0.166 e. The second-order valence-electron chi connectivity index (χ2n) is 6.80. The van der Waals surface area contributed by atoms with Crippen molar-refractivity contribution in [3.8, 4) is 0 Å². The Labute approximate surface area is 173 Å². The minimum atomic E-state index is -5.09. The quantitative estimate of drug-likeness (QED) is 0.216. The van der Waals surface area contributed by atoms with Crippen molar-refractivity contribution in [1.82, 2.24) is 0 Å². The summed E-state index contributed by atoms with van der Waals surface area (Å²) in [4.78, 5) is 0. The van der Waals surface area contributed by atoms with Gasteiger partial charge in [0.1, 0.15) is 0 Å². The average molecular weight is 526 g/mol. The van der Waals surface area contributed by atoms with E-state index in [-0.39, 0.29) is 10.7 Å². The Balaban J connectivity index is 2.19. The van der Waals surface area contributed by atoms with Gasteiger partial charge < -0.3 is 0 Å². The molecule has 0 nitrogen and oxygen atoms in total. The molecule has 2 atom stereocenters. The summed E-state index contributed by atoms with van der Waals surface area (Å²) in [5, 5.41) is 0.519. The summed E-state index contributed by atoms with van der Waals surface area (Å²) in [5.41, 5.74) is -0.520. The van der Waals surface area contributed by atoms with Crippen LogP contribution in [0.2, 0.25) is 0 Å². The van der Waals surface area contributed by atoms with E-state index in [1.54, 1.807) is 24.3 Å². The van der Waals surface area contributed by atoms with Gasteiger partial charge in [-0.3, -0.25) is 0 Å². The summed E-state index contributed by atoms with van der Waals surface area (Å²) in [7, 11) is 0. The number of alkyl halides is 8. The third-order valence-corrected chi connectivity index (χ3v) is 6.64. The minimum absolute atomic E-state index is 0.260. The van der Waals surface area contributed by atoms with Gasteiger partial charge in [0.25, 0.3) is 0 Å². The van der Waals surface area contributed by atoms with Crippen LogP contribution in [0.3, 0.4) is 0 Å². The molecular weight excluding hydrogens is 514 g/mol. The molecule has 0 aromatic heterocycles. The molecule has 148 valence electrons. The molecule has 0 saturated carbocycles. The van der Waals surface area contributed by atoms with Crippen molar-refractivity contribution >= 4 is 31.9 Å². The van der Waals surface area contributed by atoms with Crippen molar-refractivity contribution in [1.29, 1.82) is 0 Å². The summed E-state index contributed by atoms with van der Waals surface area (Å²) in [5.74, 6) is -2.97. The van der Waals surface area contributed by atoms with Crippen LogP contribution in [-0.2, 0) is 10.7 Å². The van der Waals surface area contributed by atoms with Crippen LogP contribution in [0.5, 0.6) is 0 Å². The van der Waals surface area contributed by atoms with E-state index in [0.717, 1.165) is 0 Å². The molecule has 2 bridgehead atoms. The van der Waals surface area contributed by atoms with E-state index in [2.05, 4.69) is 31.9 Å². The Kier molecular flexibility index (Phi) is 4.73. The zero-order valence-electron chi connectivity index (χ0n) is 14.1. The number of hydrogen-bond acceptors (Lipinski definition) is 0. The predicted molar refractivity (Wildman–Crippen MR) is 101 cm³/mol. The second-order valence-corrected chi connectivity index (χ2v) is 7.92. The maximum Gasteiger partial charge on any atom is 0.413 e. The van der Waals surface area contributed by atoms with Gasteiger partial charge in [0, 0.05) is 22.5 Å². The number of rotatable bonds is 2. The molecule has 0 saturated heterocycles. The lowest BCUT2D eigenvalue weighted by Gasteiger charge is -2.46. The van der Waals surface area contributed by atoms with Gasteiger partial charge in [0.15, 0.2) is 0 Å². The number of hydrogen-bond donors (Lipinski definition) is 0. The fraction of sp³-hybridized carbons (Fsp3) is 0.300. The van der Waals surface area contributed by atoms with Crippen molar-refractivity contribution in [3.05, 3.63) is 80.9 Å². The molecule has 2 aromatic carbocycles. The van der Waals surface area contributed by atoms with Crippen LogP contribution >= 0.6 is 31.9 Å². The SMILES string of the molecule is FC(F)(F)C1=C(C(F)(F)F)C2c3ccccc3C1c1c(CBr)ccc(CBr)c12. The topological polar surface area (TPSA) is 0 Å². The first kappa shape index (κ1) is 20.0. The highest BCUT2D eigenvalue weighted by Crippen LogP contribution is 2.63. The molecule has 0 N–H and O–H groups in total. The smallest absolute Gasteiger partial charge is 0.166 e. The molecule has 0 amide bonds. The maximum absolute atomic E-state index is 14.0. The van der Waals surface area contributed by atoms with Crippen LogP contribution in [0, 0.1) is 0 Å². The monoisotopic (exact) mass is 524 g/mol. The first-order chi connectivity index (χ1) is 13.1. The number of allylic oxidation sites excluding steroid dienone is 2. The van der Waals surface area contributed by atoms with E-state index >= 15 is 0 Å². The predicted octanol–water partition coefficient (Wildman–Crippen LogP) is 7.49. The van der Waals surface area contributed by atoms with Crippen molar-refractivity contribution < 1.29 is 26.3 Å². The molecule has 0 aliphatic heterocycles. The van der Waals surface area contributed by atoms with E-state index in [1.807, 2.05) is 0 Å². The fourth-order valence-corrected chi connectivity index (χ4v) is 5.51. The lowest BCUT2D eigenvalue weighted by Crippen LogP contribution is -2.39. The first-order valence-electron chi connectivity index (χ1n) is 8.35. The van der Waals surface area contributed by atoms with E-state index < -0.39 is 35.3 Å². The van der Waals surface area contributed by atoms with Gasteiger partial charge in [-0.25, -0.2) is 0 Å². The molecule has 3 aliphatic rings. The molecule has 3 aliphatic carbocycles. The molecule has 2 aromatic rings. The van der Waals surface area contributed by atoms with Crippen molar-refractivity contribution in [2.24, 2.45) is 0 Å². The third-order valence-electron chi connectivity index (χ3n) is 5.43. The molecule has 28 heavy (non-hydrogen) atoms. The van der Waals surface area contributed by atoms with Gasteiger partial charge in [-0.2, -0.15) is 26.3 Å². The highest BCUT2D eigenvalue weighted by molar-refractivity contribution is 9.08. The molecule has 5 rings (SSSR count). The summed E-state index contributed by atoms with van der Waals surface area (Å²) < 4.78 is 84.0. The van der Waals surface area contributed by atoms with Crippen LogP contribution in [0.25, 0.3) is 0 Å². The number of benzene rings is 2. The van der Waals surface area contributed by atoms with Crippen molar-refractivity contribution in [2.45, 2.75) is 34.8 Å². The van der Waals surface area contributed by atoms with E-state index in [0.29, 0.717) is 33.4 Å². The lowest BCUT2D eigenvalue weighted by atomic mass is 9.59. The van der Waals surface area contributed by atoms with Gasteiger partial charge in [-0.15, -0.1) is 0 Å². The first-order valence-corrected chi connectivity index (χ1v) is 10.6. The Morgan fingerprint density at radius 3 is 1.29 bits per heavy atom. The van der Waals surface area contributed by atoms with Gasteiger partial charge in [0.2, 0.25) is 0 Å². The largest absolute Gasteiger partial charge is 0.413 e. The van der Waals surface area contributed by atoms with Gasteiger partial charge in [-0.1, -0.05) is 68.3 Å². The normalized spacial score (nSPS) is 21.0. The zero-order valence-corrected chi connectivity index (χ0v) is 17.2.